The number of hydrogen-bond donors (Lipinski definition) is 1. The molecule has 0 bridgehead atoms. The first-order valence-corrected chi connectivity index (χ1v) is 7.70. The van der Waals surface area contributed by atoms with Crippen molar-refractivity contribution in [2.24, 2.45) is 0 Å². The number of nitrogens with zero attached hydrogens (tertiary/aromatic N) is 1. The van der Waals surface area contributed by atoms with E-state index >= 15 is 0 Å². The van der Waals surface area contributed by atoms with E-state index in [1.54, 1.807) is 6.08 Å². The summed E-state index contributed by atoms with van der Waals surface area (Å²) in [5.74, 6) is -1.40. The fraction of sp³-hybridized carbons (Fsp3) is 0.211. The third kappa shape index (κ3) is 4.97. The number of nitro benzene ring substituents is 1. The van der Waals surface area contributed by atoms with Crippen molar-refractivity contribution in [1.29, 1.82) is 0 Å². The lowest BCUT2D eigenvalue weighted by molar-refractivity contribution is -0.387. The van der Waals surface area contributed by atoms with Gasteiger partial charge in [0.05, 0.1) is 4.92 Å². The first-order valence-electron chi connectivity index (χ1n) is 7.70. The second-order valence-electron chi connectivity index (χ2n) is 6.62. The number of carbonyl (C=O) groups excluding carboxylic acids is 1. The Morgan fingerprint density at radius 1 is 1.16 bits per heavy atom. The van der Waals surface area contributed by atoms with Crippen LogP contribution in [-0.2, 0) is 10.2 Å². The molecule has 0 saturated carbocycles. The number of benzene rings is 2. The Bertz CT molecular complexity index is 822. The van der Waals surface area contributed by atoms with Gasteiger partial charge in [-0.3, -0.25) is 14.9 Å². The molecule has 2 aromatic carbocycles. The highest BCUT2D eigenvalue weighted by Gasteiger charge is 2.15. The number of carbonyl (C=O) groups is 1. The van der Waals surface area contributed by atoms with Gasteiger partial charge in [0.2, 0.25) is 11.7 Å². The number of nitrogens with one attached hydrogen (secondary N) is 1. The minimum atomic E-state index is -0.947. The van der Waals surface area contributed by atoms with Crippen LogP contribution in [0.25, 0.3) is 6.08 Å². The average Bonchev–Trinajstić information content (AvgIpc) is 2.54. The van der Waals surface area contributed by atoms with Gasteiger partial charge < -0.3 is 5.32 Å². The molecule has 1 amide bonds. The molecule has 0 radical (unpaired) electrons. The van der Waals surface area contributed by atoms with Gasteiger partial charge >= 0.3 is 5.69 Å². The van der Waals surface area contributed by atoms with E-state index in [0.717, 1.165) is 17.7 Å². The van der Waals surface area contributed by atoms with Crippen molar-refractivity contribution < 1.29 is 14.1 Å². The molecule has 6 heteroatoms. The van der Waals surface area contributed by atoms with E-state index in [9.17, 15) is 19.3 Å². The molecular weight excluding hydrogens is 323 g/mol. The minimum Gasteiger partial charge on any atom is -0.322 e. The second-order valence-corrected chi connectivity index (χ2v) is 6.62. The Morgan fingerprint density at radius 3 is 2.36 bits per heavy atom. The van der Waals surface area contributed by atoms with Crippen LogP contribution in [0, 0.1) is 15.9 Å². The number of nitro groups is 1. The zero-order chi connectivity index (χ0) is 18.6. The van der Waals surface area contributed by atoms with Gasteiger partial charge in [-0.15, -0.1) is 0 Å². The molecule has 2 aromatic rings. The van der Waals surface area contributed by atoms with E-state index in [1.165, 1.54) is 17.7 Å². The van der Waals surface area contributed by atoms with E-state index in [2.05, 4.69) is 26.1 Å². The van der Waals surface area contributed by atoms with Gasteiger partial charge in [-0.1, -0.05) is 45.0 Å². The molecule has 0 saturated heterocycles. The standard InChI is InChI=1S/C19H19FN2O3/c1-19(2,3)14-7-4-13(5-8-14)6-11-18(23)21-15-9-10-16(20)17(12-15)22(24)25/h4-12H,1-3H3,(H,21,23). The lowest BCUT2D eigenvalue weighted by atomic mass is 9.87. The summed E-state index contributed by atoms with van der Waals surface area (Å²) in [6.07, 6.45) is 2.96. The van der Waals surface area contributed by atoms with Crippen molar-refractivity contribution in [3.63, 3.8) is 0 Å². The summed E-state index contributed by atoms with van der Waals surface area (Å²) in [6.45, 7) is 6.35. The van der Waals surface area contributed by atoms with Crippen LogP contribution in [0.2, 0.25) is 0 Å². The molecule has 0 heterocycles. The van der Waals surface area contributed by atoms with Gasteiger partial charge in [-0.25, -0.2) is 0 Å². The molecule has 1 N–H and O–H groups in total. The average molecular weight is 342 g/mol. The quantitative estimate of drug-likeness (QED) is 0.498. The van der Waals surface area contributed by atoms with Crippen LogP contribution < -0.4 is 5.32 Å². The van der Waals surface area contributed by atoms with Gasteiger partial charge in [0.25, 0.3) is 0 Å². The fourth-order valence-electron chi connectivity index (χ4n) is 2.18. The molecule has 5 nitrogen and oxygen atoms in total. The van der Waals surface area contributed by atoms with Gasteiger partial charge in [0.1, 0.15) is 0 Å². The Balaban J connectivity index is 2.06. The van der Waals surface area contributed by atoms with Gasteiger partial charge in [0.15, 0.2) is 0 Å². The molecule has 0 aliphatic heterocycles. The summed E-state index contributed by atoms with van der Waals surface area (Å²) >= 11 is 0. The van der Waals surface area contributed by atoms with Crippen molar-refractivity contribution in [2.45, 2.75) is 26.2 Å². The Hall–Kier alpha value is -3.02. The molecule has 0 spiro atoms. The molecule has 0 atom stereocenters. The van der Waals surface area contributed by atoms with E-state index in [4.69, 9.17) is 0 Å². The molecule has 2 rings (SSSR count). The Labute approximate surface area is 145 Å². The molecular formula is C19H19FN2O3. The number of amides is 1. The smallest absolute Gasteiger partial charge is 0.306 e. The largest absolute Gasteiger partial charge is 0.322 e. The van der Waals surface area contributed by atoms with Crippen LogP contribution in [0.1, 0.15) is 31.9 Å². The summed E-state index contributed by atoms with van der Waals surface area (Å²) in [7, 11) is 0. The van der Waals surface area contributed by atoms with Crippen LogP contribution in [0.5, 0.6) is 0 Å². The summed E-state index contributed by atoms with van der Waals surface area (Å²) in [6, 6.07) is 11.0. The second kappa shape index (κ2) is 7.25. The fourth-order valence-corrected chi connectivity index (χ4v) is 2.18. The summed E-state index contributed by atoms with van der Waals surface area (Å²) in [5, 5.41) is 13.2. The van der Waals surface area contributed by atoms with E-state index in [1.807, 2.05) is 24.3 Å². The topological polar surface area (TPSA) is 72.2 Å². The van der Waals surface area contributed by atoms with Crippen LogP contribution in [0.3, 0.4) is 0 Å². The SMILES string of the molecule is CC(C)(C)c1ccc(C=CC(=O)Nc2ccc(F)c([N+](=O)[O-])c2)cc1. The number of halogens is 1. The number of rotatable bonds is 4. The lowest BCUT2D eigenvalue weighted by Gasteiger charge is -2.18. The summed E-state index contributed by atoms with van der Waals surface area (Å²) < 4.78 is 13.3. The Morgan fingerprint density at radius 2 is 1.80 bits per heavy atom. The van der Waals surface area contributed by atoms with Crippen LogP contribution in [0.15, 0.2) is 48.5 Å². The third-order valence-corrected chi connectivity index (χ3v) is 3.61. The molecule has 0 aromatic heterocycles. The van der Waals surface area contributed by atoms with E-state index in [-0.39, 0.29) is 11.1 Å². The zero-order valence-electron chi connectivity index (χ0n) is 14.2. The van der Waals surface area contributed by atoms with Gasteiger partial charge in [-0.2, -0.15) is 4.39 Å². The molecule has 0 aliphatic carbocycles. The maximum atomic E-state index is 13.3. The summed E-state index contributed by atoms with van der Waals surface area (Å²) in [4.78, 5) is 21.8. The zero-order valence-corrected chi connectivity index (χ0v) is 14.2. The predicted molar refractivity (Wildman–Crippen MR) is 95.9 cm³/mol. The van der Waals surface area contributed by atoms with Crippen LogP contribution in [-0.4, -0.2) is 10.8 Å². The normalized spacial score (nSPS) is 11.5. The van der Waals surface area contributed by atoms with Gasteiger partial charge in [-0.05, 0) is 34.8 Å². The molecule has 25 heavy (non-hydrogen) atoms. The minimum absolute atomic E-state index is 0.0525. The molecule has 130 valence electrons. The predicted octanol–water partition coefficient (Wildman–Crippen LogP) is 4.68. The van der Waals surface area contributed by atoms with Crippen LogP contribution in [0.4, 0.5) is 15.8 Å². The van der Waals surface area contributed by atoms with Crippen molar-refractivity contribution in [3.8, 4) is 0 Å². The highest BCUT2D eigenvalue weighted by atomic mass is 19.1. The lowest BCUT2D eigenvalue weighted by Crippen LogP contribution is -2.10. The Kier molecular flexibility index (Phi) is 5.32. The van der Waals surface area contributed by atoms with E-state index < -0.39 is 22.3 Å². The first-order chi connectivity index (χ1) is 11.7. The molecule has 0 fully saturated rings. The first kappa shape index (κ1) is 18.3. The highest BCUT2D eigenvalue weighted by molar-refractivity contribution is 6.02. The number of anilines is 1. The number of hydrogen-bond acceptors (Lipinski definition) is 3. The van der Waals surface area contributed by atoms with Crippen LogP contribution >= 0.6 is 0 Å². The van der Waals surface area contributed by atoms with Crippen molar-refractivity contribution in [3.05, 3.63) is 75.6 Å². The van der Waals surface area contributed by atoms with Gasteiger partial charge in [0, 0.05) is 17.8 Å². The summed E-state index contributed by atoms with van der Waals surface area (Å²) in [5.41, 5.74) is 1.57. The maximum Gasteiger partial charge on any atom is 0.306 e. The molecule has 0 unspecified atom stereocenters. The maximum absolute atomic E-state index is 13.3. The third-order valence-electron chi connectivity index (χ3n) is 3.61. The van der Waals surface area contributed by atoms with Crippen molar-refractivity contribution >= 4 is 23.4 Å². The van der Waals surface area contributed by atoms with Crippen molar-refractivity contribution in [2.75, 3.05) is 5.32 Å². The highest BCUT2D eigenvalue weighted by Crippen LogP contribution is 2.23. The molecule has 0 aliphatic rings. The van der Waals surface area contributed by atoms with E-state index in [0.29, 0.717) is 0 Å². The van der Waals surface area contributed by atoms with Crippen molar-refractivity contribution in [1.82, 2.24) is 0 Å². The monoisotopic (exact) mass is 342 g/mol.